The first kappa shape index (κ1) is 8.42. The molecule has 0 saturated carbocycles. The molecular formula is C3H3ClI2O. The molecule has 0 fully saturated rings. The quantitative estimate of drug-likeness (QED) is 0.527. The Morgan fingerprint density at radius 2 is 1.86 bits per heavy atom. The molecule has 1 nitrogen and oxygen atoms in total. The largest absolute Gasteiger partial charge is 0.296 e. The Hall–Kier alpha value is 1.42. The molecule has 0 atom stereocenters. The molecule has 0 aromatic heterocycles. The molecule has 0 aliphatic heterocycles. The summed E-state index contributed by atoms with van der Waals surface area (Å²) in [5, 5.41) is 0. The van der Waals surface area contributed by atoms with Gasteiger partial charge in [-0.15, -0.1) is 0 Å². The normalized spacial score (nSPS) is 11.4. The lowest BCUT2D eigenvalue weighted by Crippen LogP contribution is -2.11. The molecule has 0 aliphatic carbocycles. The van der Waals surface area contributed by atoms with Gasteiger partial charge in [0.15, 0.2) is 5.78 Å². The maximum atomic E-state index is 10.3. The minimum absolute atomic E-state index is 0.0182. The summed E-state index contributed by atoms with van der Waals surface area (Å²) >= 11 is 9.23. The van der Waals surface area contributed by atoms with E-state index in [-0.39, 0.29) is 5.78 Å². The molecule has 0 saturated heterocycles. The third-order valence-corrected chi connectivity index (χ3v) is 2.18. The average molecular weight is 344 g/mol. The average Bonchev–Trinajstić information content (AvgIpc) is 1.31. The van der Waals surface area contributed by atoms with Crippen LogP contribution in [0.5, 0.6) is 0 Å². The molecule has 0 rings (SSSR count). The van der Waals surface area contributed by atoms with Crippen molar-refractivity contribution in [1.82, 2.24) is 0 Å². The third kappa shape index (κ3) is 3.96. The monoisotopic (exact) mass is 344 g/mol. The maximum Gasteiger partial charge on any atom is 0.203 e. The predicted molar refractivity (Wildman–Crippen MR) is 47.3 cm³/mol. The molecule has 0 heterocycles. The van der Waals surface area contributed by atoms with Crippen LogP contribution in [0.4, 0.5) is 0 Å². The second-order valence-electron chi connectivity index (χ2n) is 1.05. The fourth-order valence-electron chi connectivity index (χ4n) is 0. The van der Waals surface area contributed by atoms with Crippen LogP contribution in [0.25, 0.3) is 0 Å². The number of carbonyl (C=O) groups excluding carboxylic acids is 1. The molecule has 0 radical (unpaired) electrons. The second-order valence-corrected chi connectivity index (χ2v) is 8.20. The van der Waals surface area contributed by atoms with E-state index in [2.05, 4.69) is 0 Å². The SMILES string of the molecule is CC(=O)C(Cl)(I)I. The van der Waals surface area contributed by atoms with Crippen LogP contribution in [0.3, 0.4) is 0 Å². The minimum Gasteiger partial charge on any atom is -0.296 e. The standard InChI is InChI=1S/C3H3ClI2O/c1-2(7)3(4,5)6/h1H3. The smallest absolute Gasteiger partial charge is 0.203 e. The van der Waals surface area contributed by atoms with E-state index in [1.165, 1.54) is 6.92 Å². The van der Waals surface area contributed by atoms with Crippen LogP contribution < -0.4 is 0 Å². The van der Waals surface area contributed by atoms with E-state index in [1.807, 2.05) is 45.2 Å². The predicted octanol–water partition coefficient (Wildman–Crippen LogP) is 2.34. The van der Waals surface area contributed by atoms with Gasteiger partial charge < -0.3 is 0 Å². The summed E-state index contributed by atoms with van der Waals surface area (Å²) in [6, 6.07) is 0. The van der Waals surface area contributed by atoms with Gasteiger partial charge in [0.05, 0.1) is 0 Å². The summed E-state index contributed by atoms with van der Waals surface area (Å²) in [5.41, 5.74) is 0. The van der Waals surface area contributed by atoms with Crippen LogP contribution in [0, 0.1) is 0 Å². The van der Waals surface area contributed by atoms with Crippen LogP contribution in [0.15, 0.2) is 0 Å². The molecule has 0 N–H and O–H groups in total. The Balaban J connectivity index is 3.79. The molecule has 0 amide bonds. The Kier molecular flexibility index (Phi) is 3.39. The number of rotatable bonds is 1. The maximum absolute atomic E-state index is 10.3. The molecule has 42 valence electrons. The molecule has 7 heavy (non-hydrogen) atoms. The van der Waals surface area contributed by atoms with E-state index < -0.39 is 0.888 Å². The number of hydrogen-bond donors (Lipinski definition) is 0. The lowest BCUT2D eigenvalue weighted by atomic mass is 10.5. The fraction of sp³-hybridized carbons (Fsp3) is 0.667. The summed E-state index contributed by atoms with van der Waals surface area (Å²) < 4.78 is -0.727. The van der Waals surface area contributed by atoms with Gasteiger partial charge in [0.2, 0.25) is 0.888 Å². The van der Waals surface area contributed by atoms with Gasteiger partial charge >= 0.3 is 0 Å². The zero-order valence-electron chi connectivity index (χ0n) is 3.54. The fourth-order valence-corrected chi connectivity index (χ4v) is 0. The number of halogens is 3. The lowest BCUT2D eigenvalue weighted by Gasteiger charge is -2.03. The molecule has 0 aromatic carbocycles. The first-order valence-electron chi connectivity index (χ1n) is 1.52. The number of carbonyl (C=O) groups is 1. The summed E-state index contributed by atoms with van der Waals surface area (Å²) in [5.74, 6) is -0.0182. The zero-order valence-corrected chi connectivity index (χ0v) is 8.61. The van der Waals surface area contributed by atoms with Crippen molar-refractivity contribution in [2.45, 2.75) is 7.81 Å². The molecule has 0 aliphatic rings. The Morgan fingerprint density at radius 1 is 1.71 bits per heavy atom. The highest BCUT2D eigenvalue weighted by atomic mass is 127. The Labute approximate surface area is 74.5 Å². The van der Waals surface area contributed by atoms with Crippen LogP contribution >= 0.6 is 56.8 Å². The molecule has 0 spiro atoms. The first-order chi connectivity index (χ1) is 2.94. The highest BCUT2D eigenvalue weighted by Gasteiger charge is 2.23. The van der Waals surface area contributed by atoms with E-state index in [4.69, 9.17) is 11.6 Å². The zero-order chi connectivity index (χ0) is 6.08. The molecule has 0 bridgehead atoms. The summed E-state index contributed by atoms with van der Waals surface area (Å²) in [6.07, 6.45) is 0. The van der Waals surface area contributed by atoms with E-state index in [0.29, 0.717) is 0 Å². The second kappa shape index (κ2) is 2.82. The third-order valence-electron chi connectivity index (χ3n) is 0.399. The highest BCUT2D eigenvalue weighted by molar-refractivity contribution is 14.2. The number of hydrogen-bond acceptors (Lipinski definition) is 1. The minimum atomic E-state index is -0.727. The van der Waals surface area contributed by atoms with Crippen LogP contribution in [0.2, 0.25) is 0 Å². The van der Waals surface area contributed by atoms with E-state index >= 15 is 0 Å². The van der Waals surface area contributed by atoms with Crippen molar-refractivity contribution in [3.63, 3.8) is 0 Å². The topological polar surface area (TPSA) is 17.1 Å². The van der Waals surface area contributed by atoms with Gasteiger partial charge in [0.1, 0.15) is 0 Å². The van der Waals surface area contributed by atoms with Gasteiger partial charge in [-0.3, -0.25) is 4.79 Å². The van der Waals surface area contributed by atoms with Gasteiger partial charge in [-0.05, 0) is 52.1 Å². The number of Topliss-reactive ketones (excluding diaryl/α,β-unsaturated/α-hetero) is 1. The van der Waals surface area contributed by atoms with Crippen LogP contribution in [-0.4, -0.2) is 6.67 Å². The molecule has 0 unspecified atom stereocenters. The van der Waals surface area contributed by atoms with Gasteiger partial charge in [-0.25, -0.2) is 0 Å². The molecule has 4 heteroatoms. The Morgan fingerprint density at radius 3 is 1.86 bits per heavy atom. The number of ketones is 1. The van der Waals surface area contributed by atoms with Gasteiger partial charge in [-0.2, -0.15) is 0 Å². The Bertz CT molecular complexity index is 85.4. The van der Waals surface area contributed by atoms with Crippen molar-refractivity contribution < 1.29 is 4.79 Å². The highest BCUT2D eigenvalue weighted by Crippen LogP contribution is 2.32. The van der Waals surface area contributed by atoms with E-state index in [0.717, 1.165) is 0 Å². The van der Waals surface area contributed by atoms with E-state index in [1.54, 1.807) is 0 Å². The first-order valence-corrected chi connectivity index (χ1v) is 4.06. The summed E-state index contributed by atoms with van der Waals surface area (Å²) in [4.78, 5) is 10.3. The summed E-state index contributed by atoms with van der Waals surface area (Å²) in [6.45, 7) is 1.46. The summed E-state index contributed by atoms with van der Waals surface area (Å²) in [7, 11) is 0. The van der Waals surface area contributed by atoms with Crippen molar-refractivity contribution in [3.8, 4) is 0 Å². The van der Waals surface area contributed by atoms with Crippen molar-refractivity contribution in [3.05, 3.63) is 0 Å². The van der Waals surface area contributed by atoms with Crippen molar-refractivity contribution >= 4 is 62.6 Å². The molecular weight excluding hydrogens is 341 g/mol. The van der Waals surface area contributed by atoms with Gasteiger partial charge in [0, 0.05) is 0 Å². The molecule has 0 aromatic rings. The van der Waals surface area contributed by atoms with Gasteiger partial charge in [-0.1, -0.05) is 11.6 Å². The van der Waals surface area contributed by atoms with Crippen molar-refractivity contribution in [2.24, 2.45) is 0 Å². The van der Waals surface area contributed by atoms with Crippen molar-refractivity contribution in [1.29, 1.82) is 0 Å². The van der Waals surface area contributed by atoms with Crippen LogP contribution in [-0.2, 0) is 4.79 Å². The van der Waals surface area contributed by atoms with E-state index in [9.17, 15) is 4.79 Å². The van der Waals surface area contributed by atoms with Crippen LogP contribution in [0.1, 0.15) is 6.92 Å². The number of alkyl halides is 3. The lowest BCUT2D eigenvalue weighted by molar-refractivity contribution is -0.115. The van der Waals surface area contributed by atoms with Gasteiger partial charge in [0.25, 0.3) is 0 Å². The van der Waals surface area contributed by atoms with Crippen molar-refractivity contribution in [2.75, 3.05) is 0 Å².